The van der Waals surface area contributed by atoms with Crippen molar-refractivity contribution in [1.29, 1.82) is 0 Å². The van der Waals surface area contributed by atoms with Gasteiger partial charge in [-0.05, 0) is 6.07 Å². The van der Waals surface area contributed by atoms with Gasteiger partial charge < -0.3 is 14.8 Å². The van der Waals surface area contributed by atoms with Gasteiger partial charge in [-0.25, -0.2) is 0 Å². The number of pyridine rings is 1. The zero-order chi connectivity index (χ0) is 17.3. The second kappa shape index (κ2) is 6.23. The quantitative estimate of drug-likeness (QED) is 0.872. The molecular weight excluding hydrogens is 347 g/mol. The molecule has 11 heteroatoms. The Morgan fingerprint density at radius 3 is 2.46 bits per heavy atom. The van der Waals surface area contributed by atoms with Crippen molar-refractivity contribution in [3.05, 3.63) is 39.3 Å². The van der Waals surface area contributed by atoms with Crippen molar-refractivity contribution in [2.24, 2.45) is 0 Å². The van der Waals surface area contributed by atoms with Crippen molar-refractivity contribution in [1.82, 2.24) is 20.1 Å². The van der Waals surface area contributed by atoms with Crippen LogP contribution >= 0.6 is 11.3 Å². The molecule has 1 aliphatic heterocycles. The molecule has 0 spiro atoms. The number of nitrogens with zero attached hydrogens (tertiary/aromatic N) is 4. The number of aromatic amines is 1. The van der Waals surface area contributed by atoms with Gasteiger partial charge in [0.2, 0.25) is 15.7 Å². The molecule has 2 aromatic heterocycles. The highest BCUT2D eigenvalue weighted by atomic mass is 32.1. The van der Waals surface area contributed by atoms with Crippen molar-refractivity contribution in [2.75, 3.05) is 31.1 Å². The van der Waals surface area contributed by atoms with Gasteiger partial charge in [-0.15, -0.1) is 10.2 Å². The lowest BCUT2D eigenvalue weighted by atomic mass is 10.2. The van der Waals surface area contributed by atoms with Gasteiger partial charge in [0.05, 0.1) is 0 Å². The molecule has 0 saturated carbocycles. The van der Waals surface area contributed by atoms with E-state index in [0.717, 1.165) is 0 Å². The molecule has 24 heavy (non-hydrogen) atoms. The highest BCUT2D eigenvalue weighted by Gasteiger charge is 2.36. The Morgan fingerprint density at radius 1 is 1.17 bits per heavy atom. The fraction of sp³-hybridized carbons (Fsp3) is 0.385. The van der Waals surface area contributed by atoms with Crippen LogP contribution in [0.3, 0.4) is 0 Å². The lowest BCUT2D eigenvalue weighted by Gasteiger charge is -2.34. The largest absolute Gasteiger partial charge is 0.445 e. The van der Waals surface area contributed by atoms with Crippen molar-refractivity contribution in [2.45, 2.75) is 6.18 Å². The first-order chi connectivity index (χ1) is 11.3. The Labute approximate surface area is 137 Å². The molecule has 1 saturated heterocycles. The molecular formula is C13H12F3N5O2S. The summed E-state index contributed by atoms with van der Waals surface area (Å²) in [5.41, 5.74) is -0.181. The maximum atomic E-state index is 12.6. The molecule has 0 atom stereocenters. The minimum absolute atomic E-state index is 0.183. The van der Waals surface area contributed by atoms with Gasteiger partial charge in [-0.3, -0.25) is 9.59 Å². The summed E-state index contributed by atoms with van der Waals surface area (Å²) in [7, 11) is 0. The maximum absolute atomic E-state index is 12.6. The lowest BCUT2D eigenvalue weighted by Crippen LogP contribution is -2.49. The number of hydrogen-bond donors (Lipinski definition) is 1. The van der Waals surface area contributed by atoms with Crippen LogP contribution < -0.4 is 10.5 Å². The Kier molecular flexibility index (Phi) is 4.26. The topological polar surface area (TPSA) is 82.2 Å². The minimum atomic E-state index is -4.51. The molecule has 0 unspecified atom stereocenters. The van der Waals surface area contributed by atoms with Crippen molar-refractivity contribution in [3.63, 3.8) is 0 Å². The normalized spacial score (nSPS) is 15.6. The number of nitrogens with one attached hydrogen (secondary N) is 1. The summed E-state index contributed by atoms with van der Waals surface area (Å²) in [5, 5.41) is 5.92. The van der Waals surface area contributed by atoms with Crippen molar-refractivity contribution < 1.29 is 18.0 Å². The maximum Gasteiger partial charge on any atom is 0.445 e. The van der Waals surface area contributed by atoms with Gasteiger partial charge >= 0.3 is 6.18 Å². The van der Waals surface area contributed by atoms with E-state index in [1.807, 2.05) is 0 Å². The molecule has 0 radical (unpaired) electrons. The summed E-state index contributed by atoms with van der Waals surface area (Å²) in [4.78, 5) is 29.2. The summed E-state index contributed by atoms with van der Waals surface area (Å²) in [6, 6.07) is 4.31. The Morgan fingerprint density at radius 2 is 1.88 bits per heavy atom. The minimum Gasteiger partial charge on any atom is -0.343 e. The first-order valence-electron chi connectivity index (χ1n) is 6.99. The third-order valence-electron chi connectivity index (χ3n) is 3.49. The van der Waals surface area contributed by atoms with E-state index < -0.39 is 11.2 Å². The predicted molar refractivity (Wildman–Crippen MR) is 80.1 cm³/mol. The zero-order valence-corrected chi connectivity index (χ0v) is 13.0. The number of carbonyl (C=O) groups excluding carboxylic acids is 1. The SMILES string of the molecule is O=C(c1cccc(=O)[nH]1)N1CCN(c2nnc(C(F)(F)F)s2)CC1. The fourth-order valence-corrected chi connectivity index (χ4v) is 3.07. The molecule has 7 nitrogen and oxygen atoms in total. The summed E-state index contributed by atoms with van der Waals surface area (Å²) in [5.74, 6) is -0.319. The first kappa shape index (κ1) is 16.4. The van der Waals surface area contributed by atoms with E-state index >= 15 is 0 Å². The van der Waals surface area contributed by atoms with E-state index in [2.05, 4.69) is 15.2 Å². The van der Waals surface area contributed by atoms with Crippen LogP contribution in [0.5, 0.6) is 0 Å². The van der Waals surface area contributed by atoms with E-state index in [-0.39, 0.29) is 22.3 Å². The van der Waals surface area contributed by atoms with E-state index in [9.17, 15) is 22.8 Å². The number of amides is 1. The van der Waals surface area contributed by atoms with E-state index in [4.69, 9.17) is 0 Å². The average molecular weight is 359 g/mol. The Bertz CT molecular complexity index is 795. The number of anilines is 1. The van der Waals surface area contributed by atoms with E-state index in [1.54, 1.807) is 4.90 Å². The molecule has 1 aliphatic rings. The van der Waals surface area contributed by atoms with Gasteiger partial charge in [-0.1, -0.05) is 17.4 Å². The highest BCUT2D eigenvalue weighted by molar-refractivity contribution is 7.15. The first-order valence-corrected chi connectivity index (χ1v) is 7.80. The second-order valence-electron chi connectivity index (χ2n) is 5.10. The van der Waals surface area contributed by atoms with Crippen LogP contribution in [-0.4, -0.2) is 52.2 Å². The molecule has 2 aromatic rings. The fourth-order valence-electron chi connectivity index (χ4n) is 2.30. The molecule has 1 N–H and O–H groups in total. The predicted octanol–water partition coefficient (Wildman–Crippen LogP) is 1.21. The summed E-state index contributed by atoms with van der Waals surface area (Å²) >= 11 is 0.482. The number of piperazine rings is 1. The Balaban J connectivity index is 1.64. The van der Waals surface area contributed by atoms with Gasteiger partial charge in [0.1, 0.15) is 5.69 Å². The van der Waals surface area contributed by atoms with Gasteiger partial charge in [0.15, 0.2) is 0 Å². The van der Waals surface area contributed by atoms with Crippen LogP contribution in [0.1, 0.15) is 15.5 Å². The standard InChI is InChI=1S/C13H12F3N5O2S/c14-13(15,16)11-18-19-12(24-11)21-6-4-20(5-7-21)10(23)8-2-1-3-9(22)17-8/h1-3H,4-7H2,(H,17,22). The van der Waals surface area contributed by atoms with Gasteiger partial charge in [0, 0.05) is 32.2 Å². The van der Waals surface area contributed by atoms with Crippen molar-refractivity contribution in [3.8, 4) is 0 Å². The number of rotatable bonds is 2. The monoisotopic (exact) mass is 359 g/mol. The van der Waals surface area contributed by atoms with Crippen LogP contribution in [0.25, 0.3) is 0 Å². The molecule has 128 valence electrons. The molecule has 0 aliphatic carbocycles. The summed E-state index contributed by atoms with van der Waals surface area (Å²) in [6.45, 7) is 1.32. The Hall–Kier alpha value is -2.43. The molecule has 1 fully saturated rings. The summed E-state index contributed by atoms with van der Waals surface area (Å²) < 4.78 is 37.7. The van der Waals surface area contributed by atoms with Crippen LogP contribution in [0, 0.1) is 0 Å². The van der Waals surface area contributed by atoms with Crippen LogP contribution in [-0.2, 0) is 6.18 Å². The number of alkyl halides is 3. The van der Waals surface area contributed by atoms with Gasteiger partial charge in [-0.2, -0.15) is 13.2 Å². The number of H-pyrrole nitrogens is 1. The van der Waals surface area contributed by atoms with Crippen LogP contribution in [0.4, 0.5) is 18.3 Å². The highest BCUT2D eigenvalue weighted by Crippen LogP contribution is 2.34. The smallest absolute Gasteiger partial charge is 0.343 e. The molecule has 3 heterocycles. The molecule has 3 rings (SSSR count). The van der Waals surface area contributed by atoms with Gasteiger partial charge in [0.25, 0.3) is 5.91 Å². The average Bonchev–Trinajstić information content (AvgIpc) is 3.04. The number of hydrogen-bond acceptors (Lipinski definition) is 6. The summed E-state index contributed by atoms with van der Waals surface area (Å²) in [6.07, 6.45) is -4.51. The zero-order valence-electron chi connectivity index (χ0n) is 12.2. The van der Waals surface area contributed by atoms with E-state index in [0.29, 0.717) is 37.5 Å². The second-order valence-corrected chi connectivity index (χ2v) is 6.05. The number of halogens is 3. The number of aromatic nitrogens is 3. The van der Waals surface area contributed by atoms with Crippen molar-refractivity contribution >= 4 is 22.4 Å². The van der Waals surface area contributed by atoms with Crippen LogP contribution in [0.15, 0.2) is 23.0 Å². The third kappa shape index (κ3) is 3.40. The number of carbonyl (C=O) groups is 1. The molecule has 0 bridgehead atoms. The third-order valence-corrected chi connectivity index (χ3v) is 4.52. The van der Waals surface area contributed by atoms with E-state index in [1.165, 1.54) is 23.1 Å². The van der Waals surface area contributed by atoms with Crippen LogP contribution in [0.2, 0.25) is 0 Å². The lowest BCUT2D eigenvalue weighted by molar-refractivity contribution is -0.138. The molecule has 0 aromatic carbocycles. The molecule has 1 amide bonds.